The third kappa shape index (κ3) is 56.2. The van der Waals surface area contributed by atoms with Gasteiger partial charge in [0.2, 0.25) is 0 Å². The zero-order valence-electron chi connectivity index (χ0n) is 46.1. The van der Waals surface area contributed by atoms with Crippen LogP contribution in [0.15, 0.2) is 48.6 Å². The fourth-order valence-electron chi connectivity index (χ4n) is 8.74. The predicted molar refractivity (Wildman–Crippen MR) is 298 cm³/mol. The van der Waals surface area contributed by atoms with Crippen LogP contribution in [0.25, 0.3) is 0 Å². The Morgan fingerprint density at radius 3 is 0.826 bits per heavy atom. The van der Waals surface area contributed by atoms with Gasteiger partial charge in [-0.25, -0.2) is 0 Å². The molecule has 1 unspecified atom stereocenters. The van der Waals surface area contributed by atoms with Gasteiger partial charge in [0.15, 0.2) is 6.10 Å². The topological polar surface area (TPSA) is 78.9 Å². The fourth-order valence-corrected chi connectivity index (χ4v) is 8.74. The van der Waals surface area contributed by atoms with E-state index >= 15 is 0 Å². The molecule has 0 bridgehead atoms. The van der Waals surface area contributed by atoms with Gasteiger partial charge < -0.3 is 14.2 Å². The summed E-state index contributed by atoms with van der Waals surface area (Å²) in [4.78, 5) is 37.8. The Balaban J connectivity index is 3.98. The van der Waals surface area contributed by atoms with E-state index in [-0.39, 0.29) is 31.1 Å². The highest BCUT2D eigenvalue weighted by Gasteiger charge is 2.19. The SMILES string of the molecule is CCCCC/C=C\C/C=C\CCCCCCCCCC(=O)OC(COC(=O)CCCCCCC)COC(=O)CCCCCCCCCCCCCCCCCCC/C=C\C/C=C\CCCCCCC. The Kier molecular flexibility index (Phi) is 55.7. The maximum Gasteiger partial charge on any atom is 0.306 e. The van der Waals surface area contributed by atoms with E-state index in [1.165, 1.54) is 193 Å². The van der Waals surface area contributed by atoms with Crippen molar-refractivity contribution in [3.05, 3.63) is 48.6 Å². The molecule has 6 nitrogen and oxygen atoms in total. The molecule has 0 aliphatic carbocycles. The van der Waals surface area contributed by atoms with E-state index in [0.717, 1.165) is 83.5 Å². The number of unbranched alkanes of at least 4 members (excludes halogenated alkanes) is 36. The first-order valence-corrected chi connectivity index (χ1v) is 30.1. The van der Waals surface area contributed by atoms with Crippen molar-refractivity contribution in [2.75, 3.05) is 13.2 Å². The van der Waals surface area contributed by atoms with Crippen molar-refractivity contribution in [1.29, 1.82) is 0 Å². The van der Waals surface area contributed by atoms with E-state index < -0.39 is 6.10 Å². The van der Waals surface area contributed by atoms with Crippen molar-refractivity contribution in [2.24, 2.45) is 0 Å². The third-order valence-electron chi connectivity index (χ3n) is 13.3. The van der Waals surface area contributed by atoms with Crippen LogP contribution in [0, 0.1) is 0 Å². The molecule has 0 spiro atoms. The van der Waals surface area contributed by atoms with Gasteiger partial charge >= 0.3 is 17.9 Å². The van der Waals surface area contributed by atoms with Crippen LogP contribution in [-0.2, 0) is 28.6 Å². The second-order valence-electron chi connectivity index (χ2n) is 20.3. The van der Waals surface area contributed by atoms with Gasteiger partial charge in [-0.15, -0.1) is 0 Å². The van der Waals surface area contributed by atoms with Gasteiger partial charge in [-0.1, -0.05) is 262 Å². The maximum atomic E-state index is 12.8. The molecule has 0 saturated carbocycles. The highest BCUT2D eigenvalue weighted by atomic mass is 16.6. The number of ether oxygens (including phenoxy) is 3. The zero-order chi connectivity index (χ0) is 50.0. The molecule has 0 aromatic rings. The van der Waals surface area contributed by atoms with Gasteiger partial charge in [-0.05, 0) is 83.5 Å². The van der Waals surface area contributed by atoms with E-state index in [1.54, 1.807) is 0 Å². The number of carbonyl (C=O) groups excluding carboxylic acids is 3. The average Bonchev–Trinajstić information content (AvgIpc) is 3.35. The summed E-state index contributed by atoms with van der Waals surface area (Å²) in [6.45, 7) is 6.55. The summed E-state index contributed by atoms with van der Waals surface area (Å²) < 4.78 is 16.7. The molecule has 0 aromatic carbocycles. The monoisotopic (exact) mass is 967 g/mol. The lowest BCUT2D eigenvalue weighted by atomic mass is 10.0. The Labute approximate surface area is 428 Å². The molecule has 0 aliphatic rings. The first-order chi connectivity index (χ1) is 34.0. The average molecular weight is 968 g/mol. The molecule has 0 heterocycles. The van der Waals surface area contributed by atoms with Crippen LogP contribution < -0.4 is 0 Å². The van der Waals surface area contributed by atoms with Crippen molar-refractivity contribution in [3.8, 4) is 0 Å². The van der Waals surface area contributed by atoms with Gasteiger partial charge in [0, 0.05) is 19.3 Å². The number of carbonyl (C=O) groups is 3. The molecule has 69 heavy (non-hydrogen) atoms. The molecular weight excluding hydrogens is 853 g/mol. The first-order valence-electron chi connectivity index (χ1n) is 30.1. The van der Waals surface area contributed by atoms with Crippen LogP contribution >= 0.6 is 0 Å². The minimum absolute atomic E-state index is 0.0738. The molecule has 0 N–H and O–H groups in total. The Morgan fingerprint density at radius 1 is 0.290 bits per heavy atom. The van der Waals surface area contributed by atoms with Crippen molar-refractivity contribution < 1.29 is 28.6 Å². The van der Waals surface area contributed by atoms with E-state index in [4.69, 9.17) is 14.2 Å². The smallest absolute Gasteiger partial charge is 0.306 e. The van der Waals surface area contributed by atoms with Crippen LogP contribution in [0.2, 0.25) is 0 Å². The van der Waals surface area contributed by atoms with E-state index in [2.05, 4.69) is 69.4 Å². The Bertz CT molecular complexity index is 1200. The van der Waals surface area contributed by atoms with Crippen LogP contribution in [0.4, 0.5) is 0 Å². The summed E-state index contributed by atoms with van der Waals surface area (Å²) in [7, 11) is 0. The van der Waals surface area contributed by atoms with Gasteiger partial charge in [0.25, 0.3) is 0 Å². The molecule has 0 aromatic heterocycles. The molecule has 0 saturated heterocycles. The number of hydrogen-bond donors (Lipinski definition) is 0. The van der Waals surface area contributed by atoms with E-state index in [1.807, 2.05) is 0 Å². The second kappa shape index (κ2) is 57.9. The maximum absolute atomic E-state index is 12.8. The summed E-state index contributed by atoms with van der Waals surface area (Å²) in [5, 5.41) is 0. The first kappa shape index (κ1) is 66.4. The summed E-state index contributed by atoms with van der Waals surface area (Å²) in [5.41, 5.74) is 0. The lowest BCUT2D eigenvalue weighted by molar-refractivity contribution is -0.167. The fraction of sp³-hybridized carbons (Fsp3) is 0.825. The standard InChI is InChI=1S/C63H114O6/c1-4-7-10-13-15-17-19-21-23-25-26-27-28-29-30-31-32-33-34-35-36-38-39-41-43-45-47-50-53-56-62(65)68-59-60(58-67-61(64)55-52-49-12-9-6-3)69-63(66)57-54-51-48-46-44-42-40-37-24-22-20-18-16-14-11-8-5-2/h16,18-19,21-22,24-26,60H,4-15,17,20,23,27-59H2,1-3H3/b18-16-,21-19-,24-22-,26-25-. The second-order valence-corrected chi connectivity index (χ2v) is 20.3. The van der Waals surface area contributed by atoms with Gasteiger partial charge in [0.05, 0.1) is 0 Å². The number of esters is 3. The van der Waals surface area contributed by atoms with Gasteiger partial charge in [0.1, 0.15) is 13.2 Å². The summed E-state index contributed by atoms with van der Waals surface area (Å²) in [5.74, 6) is -0.883. The van der Waals surface area contributed by atoms with Crippen LogP contribution in [0.5, 0.6) is 0 Å². The summed E-state index contributed by atoms with van der Waals surface area (Å²) in [6, 6.07) is 0. The highest BCUT2D eigenvalue weighted by molar-refractivity contribution is 5.71. The van der Waals surface area contributed by atoms with Crippen molar-refractivity contribution in [1.82, 2.24) is 0 Å². The normalized spacial score (nSPS) is 12.3. The molecular formula is C63H114O6. The number of rotatable bonds is 55. The molecule has 0 rings (SSSR count). The molecule has 1 atom stereocenters. The van der Waals surface area contributed by atoms with Crippen molar-refractivity contribution in [2.45, 2.75) is 322 Å². The molecule has 6 heteroatoms. The predicted octanol–water partition coefficient (Wildman–Crippen LogP) is 20.2. The van der Waals surface area contributed by atoms with Crippen molar-refractivity contribution in [3.63, 3.8) is 0 Å². The Hall–Kier alpha value is -2.63. The largest absolute Gasteiger partial charge is 0.462 e. The summed E-state index contributed by atoms with van der Waals surface area (Å²) >= 11 is 0. The lowest BCUT2D eigenvalue weighted by Gasteiger charge is -2.18. The van der Waals surface area contributed by atoms with Crippen LogP contribution in [-0.4, -0.2) is 37.2 Å². The zero-order valence-corrected chi connectivity index (χ0v) is 46.1. The lowest BCUT2D eigenvalue weighted by Crippen LogP contribution is -2.30. The van der Waals surface area contributed by atoms with Crippen LogP contribution in [0.1, 0.15) is 316 Å². The van der Waals surface area contributed by atoms with E-state index in [0.29, 0.717) is 19.3 Å². The number of hydrogen-bond acceptors (Lipinski definition) is 6. The molecule has 0 fully saturated rings. The molecule has 0 amide bonds. The van der Waals surface area contributed by atoms with Crippen LogP contribution in [0.3, 0.4) is 0 Å². The minimum atomic E-state index is -0.772. The summed E-state index contributed by atoms with van der Waals surface area (Å²) in [6.07, 6.45) is 71.6. The third-order valence-corrected chi connectivity index (χ3v) is 13.3. The molecule has 0 radical (unpaired) electrons. The van der Waals surface area contributed by atoms with Gasteiger partial charge in [-0.3, -0.25) is 14.4 Å². The quantitative estimate of drug-likeness (QED) is 0.0262. The molecule has 0 aliphatic heterocycles. The minimum Gasteiger partial charge on any atom is -0.462 e. The number of allylic oxidation sites excluding steroid dienone is 8. The highest BCUT2D eigenvalue weighted by Crippen LogP contribution is 2.17. The Morgan fingerprint density at radius 2 is 0.522 bits per heavy atom. The van der Waals surface area contributed by atoms with Crippen molar-refractivity contribution >= 4 is 17.9 Å². The van der Waals surface area contributed by atoms with Gasteiger partial charge in [-0.2, -0.15) is 0 Å². The van der Waals surface area contributed by atoms with E-state index in [9.17, 15) is 14.4 Å². The molecule has 402 valence electrons.